The molecule has 140 valence electrons. The molecular weight excluding hydrogens is 354 g/mol. The molecule has 0 bridgehead atoms. The number of hydrogen-bond donors (Lipinski definition) is 1. The van der Waals surface area contributed by atoms with Crippen molar-refractivity contribution >= 4 is 22.5 Å². The van der Waals surface area contributed by atoms with Gasteiger partial charge in [0.2, 0.25) is 0 Å². The van der Waals surface area contributed by atoms with Crippen LogP contribution < -0.4 is 15.8 Å². The minimum Gasteiger partial charge on any atom is -0.365 e. The highest BCUT2D eigenvalue weighted by molar-refractivity contribution is 5.89. The number of aromatic nitrogens is 4. The first-order valence-electron chi connectivity index (χ1n) is 8.66. The Hall–Kier alpha value is -3.10. The molecular formula is C18H18F2N6O. The molecule has 7 nitrogen and oxygen atoms in total. The van der Waals surface area contributed by atoms with Crippen LogP contribution in [0, 0.1) is 11.6 Å². The largest absolute Gasteiger partial charge is 0.365 e. The monoisotopic (exact) mass is 372 g/mol. The van der Waals surface area contributed by atoms with Crippen LogP contribution in [-0.2, 0) is 7.05 Å². The second kappa shape index (κ2) is 6.90. The lowest BCUT2D eigenvalue weighted by Crippen LogP contribution is -2.45. The SMILES string of the molecule is Cn1ccnc(N2CCCC(Nc3ncnc4cc(F)c(F)cc34)C2)c1=O. The fraction of sp³-hybridized carbons (Fsp3) is 0.333. The molecule has 1 aliphatic rings. The molecule has 27 heavy (non-hydrogen) atoms. The Morgan fingerprint density at radius 3 is 2.85 bits per heavy atom. The summed E-state index contributed by atoms with van der Waals surface area (Å²) < 4.78 is 28.6. The number of piperidine rings is 1. The first kappa shape index (κ1) is 17.3. The number of benzene rings is 1. The van der Waals surface area contributed by atoms with Crippen molar-refractivity contribution in [1.82, 2.24) is 19.5 Å². The predicted molar refractivity (Wildman–Crippen MR) is 97.8 cm³/mol. The summed E-state index contributed by atoms with van der Waals surface area (Å²) in [5.41, 5.74) is 0.181. The molecule has 0 amide bonds. The van der Waals surface area contributed by atoms with E-state index in [1.165, 1.54) is 10.9 Å². The van der Waals surface area contributed by atoms with Crippen molar-refractivity contribution in [2.45, 2.75) is 18.9 Å². The van der Waals surface area contributed by atoms with Crippen molar-refractivity contribution in [2.75, 3.05) is 23.3 Å². The molecule has 0 radical (unpaired) electrons. The fourth-order valence-electron chi connectivity index (χ4n) is 3.35. The maximum absolute atomic E-state index is 13.7. The minimum atomic E-state index is -0.943. The zero-order chi connectivity index (χ0) is 19.0. The van der Waals surface area contributed by atoms with Gasteiger partial charge >= 0.3 is 0 Å². The summed E-state index contributed by atoms with van der Waals surface area (Å²) >= 11 is 0. The van der Waals surface area contributed by atoms with Crippen molar-refractivity contribution < 1.29 is 8.78 Å². The van der Waals surface area contributed by atoms with Crippen molar-refractivity contribution in [1.29, 1.82) is 0 Å². The molecule has 1 aliphatic heterocycles. The van der Waals surface area contributed by atoms with Gasteiger partial charge in [0.05, 0.1) is 5.52 Å². The lowest BCUT2D eigenvalue weighted by Gasteiger charge is -2.33. The van der Waals surface area contributed by atoms with Gasteiger partial charge in [-0.2, -0.15) is 0 Å². The first-order chi connectivity index (χ1) is 13.0. The average molecular weight is 372 g/mol. The summed E-state index contributed by atoms with van der Waals surface area (Å²) in [6.45, 7) is 1.29. The van der Waals surface area contributed by atoms with E-state index in [1.807, 2.05) is 4.90 Å². The summed E-state index contributed by atoms with van der Waals surface area (Å²) in [6, 6.07) is 2.14. The highest BCUT2D eigenvalue weighted by Gasteiger charge is 2.24. The maximum Gasteiger partial charge on any atom is 0.293 e. The Kier molecular flexibility index (Phi) is 4.43. The summed E-state index contributed by atoms with van der Waals surface area (Å²) in [5, 5.41) is 3.70. The Balaban J connectivity index is 1.60. The van der Waals surface area contributed by atoms with Crippen molar-refractivity contribution in [3.63, 3.8) is 0 Å². The number of nitrogens with one attached hydrogen (secondary N) is 1. The van der Waals surface area contributed by atoms with E-state index in [4.69, 9.17) is 0 Å². The Bertz CT molecular complexity index is 1050. The highest BCUT2D eigenvalue weighted by atomic mass is 19.2. The van der Waals surface area contributed by atoms with E-state index >= 15 is 0 Å². The van der Waals surface area contributed by atoms with E-state index in [0.717, 1.165) is 31.5 Å². The smallest absolute Gasteiger partial charge is 0.293 e. The molecule has 1 aromatic carbocycles. The zero-order valence-electron chi connectivity index (χ0n) is 14.7. The van der Waals surface area contributed by atoms with Gasteiger partial charge in [0.1, 0.15) is 12.1 Å². The topological polar surface area (TPSA) is 75.9 Å². The third kappa shape index (κ3) is 3.32. The van der Waals surface area contributed by atoms with E-state index in [0.29, 0.717) is 29.1 Å². The van der Waals surface area contributed by atoms with Gasteiger partial charge in [-0.05, 0) is 18.9 Å². The van der Waals surface area contributed by atoms with E-state index in [9.17, 15) is 13.6 Å². The average Bonchev–Trinajstić information content (AvgIpc) is 2.66. The highest BCUT2D eigenvalue weighted by Crippen LogP contribution is 2.24. The van der Waals surface area contributed by atoms with Gasteiger partial charge in [-0.3, -0.25) is 4.79 Å². The van der Waals surface area contributed by atoms with Crippen LogP contribution in [0.1, 0.15) is 12.8 Å². The van der Waals surface area contributed by atoms with E-state index in [2.05, 4.69) is 20.3 Å². The zero-order valence-corrected chi connectivity index (χ0v) is 14.7. The van der Waals surface area contributed by atoms with Gasteiger partial charge < -0.3 is 14.8 Å². The van der Waals surface area contributed by atoms with Gasteiger partial charge in [0.15, 0.2) is 17.5 Å². The second-order valence-corrected chi connectivity index (χ2v) is 6.60. The number of anilines is 2. The number of halogens is 2. The van der Waals surface area contributed by atoms with Crippen molar-refractivity contribution in [2.24, 2.45) is 7.05 Å². The fourth-order valence-corrected chi connectivity index (χ4v) is 3.35. The lowest BCUT2D eigenvalue weighted by atomic mass is 10.1. The lowest BCUT2D eigenvalue weighted by molar-refractivity contribution is 0.510. The van der Waals surface area contributed by atoms with Crippen LogP contribution in [0.4, 0.5) is 20.4 Å². The van der Waals surface area contributed by atoms with Gasteiger partial charge in [0, 0.05) is 50.0 Å². The Labute approximate surface area is 153 Å². The van der Waals surface area contributed by atoms with Crippen LogP contribution >= 0.6 is 0 Å². The van der Waals surface area contributed by atoms with E-state index < -0.39 is 11.6 Å². The van der Waals surface area contributed by atoms with Crippen LogP contribution in [0.15, 0.2) is 35.6 Å². The third-order valence-corrected chi connectivity index (χ3v) is 4.74. The van der Waals surface area contributed by atoms with Crippen molar-refractivity contribution in [3.05, 3.63) is 52.8 Å². The summed E-state index contributed by atoms with van der Waals surface area (Å²) in [4.78, 5) is 26.7. The van der Waals surface area contributed by atoms with Gasteiger partial charge in [-0.1, -0.05) is 0 Å². The predicted octanol–water partition coefficient (Wildman–Crippen LogP) is 2.08. The summed E-state index contributed by atoms with van der Waals surface area (Å²) in [7, 11) is 1.69. The van der Waals surface area contributed by atoms with Gasteiger partial charge in [0.25, 0.3) is 5.56 Å². The van der Waals surface area contributed by atoms with Crippen LogP contribution in [0.3, 0.4) is 0 Å². The number of rotatable bonds is 3. The van der Waals surface area contributed by atoms with E-state index in [1.54, 1.807) is 19.4 Å². The van der Waals surface area contributed by atoms with Crippen LogP contribution in [-0.4, -0.2) is 38.7 Å². The third-order valence-electron chi connectivity index (χ3n) is 4.74. The molecule has 3 aromatic rings. The molecule has 9 heteroatoms. The summed E-state index contributed by atoms with van der Waals surface area (Å²) in [5.74, 6) is -1.03. The molecule has 3 heterocycles. The van der Waals surface area contributed by atoms with Gasteiger partial charge in [-0.15, -0.1) is 0 Å². The molecule has 1 unspecified atom stereocenters. The summed E-state index contributed by atoms with van der Waals surface area (Å²) in [6.07, 6.45) is 6.26. The molecule has 4 rings (SSSR count). The van der Waals surface area contributed by atoms with Crippen molar-refractivity contribution in [3.8, 4) is 0 Å². The minimum absolute atomic E-state index is 0.0170. The molecule has 1 N–H and O–H groups in total. The van der Waals surface area contributed by atoms with Crippen LogP contribution in [0.2, 0.25) is 0 Å². The molecule has 1 atom stereocenters. The molecule has 0 aliphatic carbocycles. The first-order valence-corrected chi connectivity index (χ1v) is 8.66. The number of fused-ring (bicyclic) bond motifs is 1. The molecule has 1 saturated heterocycles. The second-order valence-electron chi connectivity index (χ2n) is 6.60. The number of nitrogens with zero attached hydrogens (tertiary/aromatic N) is 5. The van der Waals surface area contributed by atoms with Crippen LogP contribution in [0.5, 0.6) is 0 Å². The standard InChI is InChI=1S/C18H18F2N6O/c1-25-6-4-21-17(18(25)27)26-5-2-3-11(9-26)24-16-12-7-13(19)14(20)8-15(12)22-10-23-16/h4,6-8,10-11H,2-3,5,9H2,1H3,(H,22,23,24). The van der Waals surface area contributed by atoms with Gasteiger partial charge in [-0.25, -0.2) is 23.7 Å². The van der Waals surface area contributed by atoms with E-state index in [-0.39, 0.29) is 11.6 Å². The Morgan fingerprint density at radius 2 is 2.00 bits per heavy atom. The molecule has 1 fully saturated rings. The molecule has 2 aromatic heterocycles. The quantitative estimate of drug-likeness (QED) is 0.759. The maximum atomic E-state index is 13.7. The normalized spacial score (nSPS) is 17.3. The van der Waals surface area contributed by atoms with Crippen LogP contribution in [0.25, 0.3) is 10.9 Å². The Morgan fingerprint density at radius 1 is 1.19 bits per heavy atom. The molecule has 0 spiro atoms. The number of aryl methyl sites for hydroxylation is 1. The number of hydrogen-bond acceptors (Lipinski definition) is 6. The molecule has 0 saturated carbocycles.